The second kappa shape index (κ2) is 10.4. The van der Waals surface area contributed by atoms with Gasteiger partial charge in [0, 0.05) is 31.2 Å². The van der Waals surface area contributed by atoms with Crippen molar-refractivity contribution in [3.8, 4) is 0 Å². The Kier molecular flexibility index (Phi) is 7.51. The van der Waals surface area contributed by atoms with Crippen molar-refractivity contribution in [1.29, 1.82) is 0 Å². The summed E-state index contributed by atoms with van der Waals surface area (Å²) in [5, 5.41) is 3.05. The van der Waals surface area contributed by atoms with Gasteiger partial charge in [-0.1, -0.05) is 32.0 Å². The number of carbonyl (C=O) groups excluding carboxylic acids is 1. The number of rotatable bonds is 8. The van der Waals surface area contributed by atoms with Crippen molar-refractivity contribution in [1.82, 2.24) is 9.21 Å². The molecule has 1 saturated heterocycles. The van der Waals surface area contributed by atoms with Crippen LogP contribution in [0, 0.1) is 5.92 Å². The van der Waals surface area contributed by atoms with Crippen LogP contribution in [0.3, 0.4) is 0 Å². The Labute approximate surface area is 198 Å². The average Bonchev–Trinajstić information content (AvgIpc) is 3.31. The second-order valence-electron chi connectivity index (χ2n) is 9.11. The van der Waals surface area contributed by atoms with Gasteiger partial charge in [-0.2, -0.15) is 4.31 Å². The third kappa shape index (κ3) is 5.48. The highest BCUT2D eigenvalue weighted by molar-refractivity contribution is 7.89. The van der Waals surface area contributed by atoms with Crippen LogP contribution in [0.4, 0.5) is 5.69 Å². The number of nitrogens with one attached hydrogen (secondary N) is 1. The monoisotopic (exact) mass is 469 g/mol. The van der Waals surface area contributed by atoms with Crippen molar-refractivity contribution in [2.45, 2.75) is 57.4 Å². The molecule has 0 spiro atoms. The first-order valence-corrected chi connectivity index (χ1v) is 13.6. The molecule has 178 valence electrons. The minimum Gasteiger partial charge on any atom is -0.326 e. The minimum atomic E-state index is -3.52. The van der Waals surface area contributed by atoms with Crippen LogP contribution in [0.2, 0.25) is 0 Å². The first-order chi connectivity index (χ1) is 15.9. The van der Waals surface area contributed by atoms with Gasteiger partial charge >= 0.3 is 0 Å². The number of piperidine rings is 1. The number of sulfonamides is 1. The van der Waals surface area contributed by atoms with Gasteiger partial charge in [0.25, 0.3) is 0 Å². The standard InChI is InChI=1S/C26H35N3O3S/c1-3-28(4-2)19-20-7-5-10-24(17-20)27-26(30)22-13-15-29(16-14-22)33(31,32)25-12-11-21-8-6-9-23(21)18-25/h5,7,10-12,17-18,22H,3-4,6,8-9,13-16,19H2,1-2H3,(H,27,30). The van der Waals surface area contributed by atoms with Crippen LogP contribution in [0.1, 0.15) is 49.8 Å². The number of aryl methyl sites for hydroxylation is 2. The van der Waals surface area contributed by atoms with Crippen LogP contribution >= 0.6 is 0 Å². The number of carbonyl (C=O) groups is 1. The SMILES string of the molecule is CCN(CC)Cc1cccc(NC(=O)C2CCN(S(=O)(=O)c3ccc4c(c3)CCC4)CC2)c1. The molecule has 0 unspecified atom stereocenters. The molecule has 2 aromatic rings. The maximum atomic E-state index is 13.2. The lowest BCUT2D eigenvalue weighted by Crippen LogP contribution is -2.41. The molecule has 1 fully saturated rings. The molecule has 0 atom stereocenters. The van der Waals surface area contributed by atoms with Gasteiger partial charge < -0.3 is 5.32 Å². The lowest BCUT2D eigenvalue weighted by Gasteiger charge is -2.30. The van der Waals surface area contributed by atoms with Gasteiger partial charge in [-0.15, -0.1) is 0 Å². The molecule has 7 heteroatoms. The predicted octanol–water partition coefficient (Wildman–Crippen LogP) is 4.06. The quantitative estimate of drug-likeness (QED) is 0.633. The number of amides is 1. The third-order valence-corrected chi connectivity index (χ3v) is 8.92. The van der Waals surface area contributed by atoms with Crippen molar-refractivity contribution in [2.75, 3.05) is 31.5 Å². The van der Waals surface area contributed by atoms with E-state index < -0.39 is 10.0 Å². The molecule has 2 aromatic carbocycles. The fraction of sp³-hybridized carbons (Fsp3) is 0.500. The Hall–Kier alpha value is -2.22. The normalized spacial score (nSPS) is 17.3. The summed E-state index contributed by atoms with van der Waals surface area (Å²) in [5.41, 5.74) is 4.41. The summed E-state index contributed by atoms with van der Waals surface area (Å²) in [4.78, 5) is 15.6. The molecule has 4 rings (SSSR count). The van der Waals surface area contributed by atoms with E-state index in [1.807, 2.05) is 30.3 Å². The van der Waals surface area contributed by atoms with Gasteiger partial charge in [0.1, 0.15) is 0 Å². The van der Waals surface area contributed by atoms with Gasteiger partial charge in [-0.25, -0.2) is 8.42 Å². The lowest BCUT2D eigenvalue weighted by atomic mass is 9.97. The van der Waals surface area contributed by atoms with Crippen LogP contribution in [0.15, 0.2) is 47.4 Å². The summed E-state index contributed by atoms with van der Waals surface area (Å²) in [6, 6.07) is 13.5. The summed E-state index contributed by atoms with van der Waals surface area (Å²) in [5.74, 6) is -0.201. The average molecular weight is 470 g/mol. The van der Waals surface area contributed by atoms with E-state index in [9.17, 15) is 13.2 Å². The summed E-state index contributed by atoms with van der Waals surface area (Å²) in [6.45, 7) is 7.87. The Morgan fingerprint density at radius 1 is 1.03 bits per heavy atom. The van der Waals surface area contributed by atoms with E-state index >= 15 is 0 Å². The third-order valence-electron chi connectivity index (χ3n) is 7.03. The topological polar surface area (TPSA) is 69.7 Å². The number of hydrogen-bond donors (Lipinski definition) is 1. The molecule has 1 aliphatic heterocycles. The first-order valence-electron chi connectivity index (χ1n) is 12.1. The first kappa shape index (κ1) is 23.9. The number of nitrogens with zero attached hydrogens (tertiary/aromatic N) is 2. The molecule has 2 aliphatic rings. The van der Waals surface area contributed by atoms with E-state index in [1.54, 1.807) is 6.07 Å². The summed E-state index contributed by atoms with van der Waals surface area (Å²) in [6.07, 6.45) is 4.16. The zero-order valence-corrected chi connectivity index (χ0v) is 20.5. The van der Waals surface area contributed by atoms with E-state index in [-0.39, 0.29) is 11.8 Å². The van der Waals surface area contributed by atoms with Gasteiger partial charge in [-0.3, -0.25) is 9.69 Å². The number of fused-ring (bicyclic) bond motifs is 1. The van der Waals surface area contributed by atoms with E-state index in [2.05, 4.69) is 30.1 Å². The fourth-order valence-corrected chi connectivity index (χ4v) is 6.43. The van der Waals surface area contributed by atoms with Gasteiger partial charge in [-0.05, 0) is 86.1 Å². The molecule has 0 bridgehead atoms. The summed E-state index contributed by atoms with van der Waals surface area (Å²) in [7, 11) is -3.52. The van der Waals surface area contributed by atoms with Crippen molar-refractivity contribution >= 4 is 21.6 Å². The molecule has 0 aromatic heterocycles. The van der Waals surface area contributed by atoms with Crippen molar-refractivity contribution in [3.05, 3.63) is 59.2 Å². The van der Waals surface area contributed by atoms with E-state index in [0.29, 0.717) is 30.8 Å². The zero-order valence-electron chi connectivity index (χ0n) is 19.7. The minimum absolute atomic E-state index is 0.0235. The Bertz CT molecular complexity index is 1090. The number of anilines is 1. The van der Waals surface area contributed by atoms with Gasteiger partial charge in [0.15, 0.2) is 0 Å². The van der Waals surface area contributed by atoms with Crippen LogP contribution in [-0.2, 0) is 34.2 Å². The van der Waals surface area contributed by atoms with Gasteiger partial charge in [0.2, 0.25) is 15.9 Å². The molecular weight excluding hydrogens is 434 g/mol. The molecule has 0 saturated carbocycles. The van der Waals surface area contributed by atoms with Crippen molar-refractivity contribution in [3.63, 3.8) is 0 Å². The number of benzene rings is 2. The van der Waals surface area contributed by atoms with Crippen LogP contribution < -0.4 is 5.32 Å². The fourth-order valence-electron chi connectivity index (χ4n) is 4.91. The largest absolute Gasteiger partial charge is 0.326 e. The molecular formula is C26H35N3O3S. The highest BCUT2D eigenvalue weighted by atomic mass is 32.2. The van der Waals surface area contributed by atoms with Crippen molar-refractivity contribution < 1.29 is 13.2 Å². The molecule has 1 heterocycles. The second-order valence-corrected chi connectivity index (χ2v) is 11.1. The van der Waals surface area contributed by atoms with Gasteiger partial charge in [0.05, 0.1) is 4.90 Å². The maximum Gasteiger partial charge on any atom is 0.243 e. The van der Waals surface area contributed by atoms with Crippen LogP contribution in [0.5, 0.6) is 0 Å². The summed E-state index contributed by atoms with van der Waals surface area (Å²) >= 11 is 0. The molecule has 33 heavy (non-hydrogen) atoms. The Morgan fingerprint density at radius 2 is 1.76 bits per heavy atom. The molecule has 1 aliphatic carbocycles. The molecule has 6 nitrogen and oxygen atoms in total. The number of hydrogen-bond acceptors (Lipinski definition) is 4. The van der Waals surface area contributed by atoms with E-state index in [0.717, 1.165) is 50.1 Å². The highest BCUT2D eigenvalue weighted by Crippen LogP contribution is 2.29. The Morgan fingerprint density at radius 3 is 2.48 bits per heavy atom. The Balaban J connectivity index is 1.35. The van der Waals surface area contributed by atoms with E-state index in [1.165, 1.54) is 15.4 Å². The predicted molar refractivity (Wildman–Crippen MR) is 132 cm³/mol. The van der Waals surface area contributed by atoms with E-state index in [4.69, 9.17) is 0 Å². The smallest absolute Gasteiger partial charge is 0.243 e. The molecule has 1 amide bonds. The van der Waals surface area contributed by atoms with Crippen LogP contribution in [0.25, 0.3) is 0 Å². The summed E-state index contributed by atoms with van der Waals surface area (Å²) < 4.78 is 27.8. The van der Waals surface area contributed by atoms with Crippen LogP contribution in [-0.4, -0.2) is 49.7 Å². The molecule has 1 N–H and O–H groups in total. The van der Waals surface area contributed by atoms with Crippen molar-refractivity contribution in [2.24, 2.45) is 5.92 Å². The lowest BCUT2D eigenvalue weighted by molar-refractivity contribution is -0.120. The zero-order chi connectivity index (χ0) is 23.4. The maximum absolute atomic E-state index is 13.2. The highest BCUT2D eigenvalue weighted by Gasteiger charge is 2.32. The molecule has 0 radical (unpaired) electrons.